The maximum absolute atomic E-state index is 12.3. The Bertz CT molecular complexity index is 1870. The lowest BCUT2D eigenvalue weighted by Crippen LogP contribution is -2.28. The molecule has 5 heteroatoms. The van der Waals surface area contributed by atoms with Crippen molar-refractivity contribution >= 4 is 11.9 Å². The van der Waals surface area contributed by atoms with Gasteiger partial charge in [0.25, 0.3) is 0 Å². The first-order chi connectivity index (χ1) is 39.6. The number of hydrogen-bond donors (Lipinski definition) is 1. The Labute approximate surface area is 492 Å². The summed E-state index contributed by atoms with van der Waals surface area (Å²) in [7, 11) is 0. The Morgan fingerprint density at radius 3 is 0.762 bits per heavy atom. The van der Waals surface area contributed by atoms with Gasteiger partial charge in [-0.15, -0.1) is 0 Å². The van der Waals surface area contributed by atoms with E-state index in [0.29, 0.717) is 12.8 Å². The van der Waals surface area contributed by atoms with Crippen LogP contribution >= 0.6 is 0 Å². The van der Waals surface area contributed by atoms with Crippen molar-refractivity contribution in [3.8, 4) is 0 Å². The lowest BCUT2D eigenvalue weighted by molar-refractivity contribution is -0.161. The van der Waals surface area contributed by atoms with Gasteiger partial charge in [-0.25, -0.2) is 0 Å². The number of aliphatic hydroxyl groups is 1. The van der Waals surface area contributed by atoms with Crippen LogP contribution in [0.3, 0.4) is 0 Å². The minimum absolute atomic E-state index is 0.0927. The second-order valence-electron chi connectivity index (χ2n) is 20.4. The molecule has 0 saturated carbocycles. The Hall–Kier alpha value is -5.26. The van der Waals surface area contributed by atoms with Gasteiger partial charge in [-0.1, -0.05) is 285 Å². The highest BCUT2D eigenvalue weighted by Crippen LogP contribution is 2.15. The number of ether oxygens (including phenoxy) is 2. The molecule has 1 unspecified atom stereocenters. The van der Waals surface area contributed by atoms with E-state index in [1.807, 2.05) is 0 Å². The lowest BCUT2D eigenvalue weighted by Gasteiger charge is -2.15. The van der Waals surface area contributed by atoms with E-state index in [-0.39, 0.29) is 25.2 Å². The maximum atomic E-state index is 12.3. The van der Waals surface area contributed by atoms with Crippen LogP contribution in [0.25, 0.3) is 0 Å². The highest BCUT2D eigenvalue weighted by Gasteiger charge is 2.16. The van der Waals surface area contributed by atoms with E-state index in [4.69, 9.17) is 9.47 Å². The third kappa shape index (κ3) is 65.3. The molecule has 446 valence electrons. The van der Waals surface area contributed by atoms with Crippen LogP contribution in [0, 0.1) is 0 Å². The van der Waals surface area contributed by atoms with Gasteiger partial charge in [-0.2, -0.15) is 0 Å². The van der Waals surface area contributed by atoms with E-state index in [1.165, 1.54) is 70.6 Å². The van der Waals surface area contributed by atoms with Gasteiger partial charge in [-0.3, -0.25) is 9.59 Å². The van der Waals surface area contributed by atoms with Crippen molar-refractivity contribution in [2.45, 2.75) is 251 Å². The van der Waals surface area contributed by atoms with Crippen molar-refractivity contribution in [1.29, 1.82) is 0 Å². The molecule has 0 saturated heterocycles. The molecule has 1 N–H and O–H groups in total. The Kier molecular flexibility index (Phi) is 63.5. The molecule has 0 aliphatic heterocycles. The summed E-state index contributed by atoms with van der Waals surface area (Å²) >= 11 is 0. The fraction of sp³-hybridized carbons (Fsp3) is 0.547. The monoisotopic (exact) mass is 1100 g/mol. The predicted octanol–water partition coefficient (Wildman–Crippen LogP) is 22.4. The molecule has 1 atom stereocenters. The van der Waals surface area contributed by atoms with Gasteiger partial charge in [0, 0.05) is 12.8 Å². The first kappa shape index (κ1) is 74.7. The molecule has 0 heterocycles. The summed E-state index contributed by atoms with van der Waals surface area (Å²) in [6, 6.07) is 0. The summed E-state index contributed by atoms with van der Waals surface area (Å²) in [5, 5.41) is 9.68. The highest BCUT2D eigenvalue weighted by atomic mass is 16.6. The molecule has 80 heavy (non-hydrogen) atoms. The molecule has 0 aliphatic carbocycles. The molecule has 0 aromatic carbocycles. The van der Waals surface area contributed by atoms with Crippen LogP contribution in [0.1, 0.15) is 245 Å². The summed E-state index contributed by atoms with van der Waals surface area (Å²) in [6.07, 6.45) is 108. The van der Waals surface area contributed by atoms with Gasteiger partial charge in [-0.05, 0) is 141 Å². The van der Waals surface area contributed by atoms with Crippen molar-refractivity contribution in [2.24, 2.45) is 0 Å². The summed E-state index contributed by atoms with van der Waals surface area (Å²) in [4.78, 5) is 24.6. The molecule has 0 radical (unpaired) electrons. The SMILES string of the molecule is CC/C=C\C/C=C\C/C=C\C/C=C\C/C=C\C/C=C\C/C=C\C/C=C\C/C=C\CCCCCC(=O)OC(CO)COC(=O)CCCCCCCCCCCCCCC/C=C\C/C=C\C/C=C\C/C=C\C/C=C\C/C=C\C/C=C\CC. The van der Waals surface area contributed by atoms with E-state index < -0.39 is 6.10 Å². The number of unbranched alkanes of at least 4 members (excludes halogenated alkanes) is 16. The van der Waals surface area contributed by atoms with E-state index in [9.17, 15) is 14.7 Å². The van der Waals surface area contributed by atoms with Crippen LogP contribution in [-0.4, -0.2) is 36.4 Å². The Morgan fingerprint density at radius 2 is 0.500 bits per heavy atom. The maximum Gasteiger partial charge on any atom is 0.306 e. The number of aliphatic hydroxyl groups excluding tert-OH is 1. The third-order valence-corrected chi connectivity index (χ3v) is 12.9. The van der Waals surface area contributed by atoms with Gasteiger partial charge >= 0.3 is 11.9 Å². The molecule has 0 bridgehead atoms. The number of hydrogen-bond acceptors (Lipinski definition) is 5. The average Bonchev–Trinajstić information content (AvgIpc) is 3.46. The van der Waals surface area contributed by atoms with Gasteiger partial charge in [0.1, 0.15) is 6.61 Å². The van der Waals surface area contributed by atoms with E-state index in [0.717, 1.165) is 148 Å². The number of rotatable bonds is 56. The number of allylic oxidation sites excluding steroid dienone is 32. The number of esters is 2. The van der Waals surface area contributed by atoms with Crippen LogP contribution in [0.5, 0.6) is 0 Å². The van der Waals surface area contributed by atoms with Crippen LogP contribution in [0.4, 0.5) is 0 Å². The van der Waals surface area contributed by atoms with Crippen LogP contribution < -0.4 is 0 Å². The second kappa shape index (κ2) is 68.0. The molecule has 0 amide bonds. The standard InChI is InChI=1S/C75H116O5/c1-3-5-7-9-11-13-15-17-19-21-23-25-27-29-31-33-35-36-37-38-40-41-43-45-47-49-51-53-55-57-59-61-63-65-67-69-74(77)79-72-73(71-76)80-75(78)70-68-66-64-62-60-58-56-54-52-50-48-46-44-42-39-34-32-30-28-26-24-22-20-18-16-14-12-10-8-6-4-2/h5-8,11-14,17-20,23-26,29-32,35-36,38-40,42,46,48,52,54,58,60,73,76H,3-4,9-10,15-16,21-22,27-28,33-34,37,41,43-45,47,49-51,53,55-57,59,61-72H2,1-2H3/b7-5-,8-6-,13-11-,14-12-,19-17-,20-18-,25-23-,26-24-,31-29-,32-30-,36-35-,40-38-,42-39-,48-46-,54-52-,60-58-. The minimum Gasteiger partial charge on any atom is -0.462 e. The predicted molar refractivity (Wildman–Crippen MR) is 352 cm³/mol. The molecule has 0 aromatic heterocycles. The zero-order chi connectivity index (χ0) is 57.6. The van der Waals surface area contributed by atoms with E-state index in [2.05, 4.69) is 208 Å². The van der Waals surface area contributed by atoms with Crippen molar-refractivity contribution in [3.63, 3.8) is 0 Å². The highest BCUT2D eigenvalue weighted by molar-refractivity contribution is 5.70. The van der Waals surface area contributed by atoms with Gasteiger partial charge in [0.05, 0.1) is 6.61 Å². The largest absolute Gasteiger partial charge is 0.462 e. The molecule has 0 aliphatic rings. The van der Waals surface area contributed by atoms with Gasteiger partial charge in [0.15, 0.2) is 6.10 Å². The van der Waals surface area contributed by atoms with Crippen molar-refractivity contribution in [2.75, 3.05) is 13.2 Å². The number of carbonyl (C=O) groups is 2. The lowest BCUT2D eigenvalue weighted by atomic mass is 10.0. The quantitative estimate of drug-likeness (QED) is 0.0373. The van der Waals surface area contributed by atoms with E-state index >= 15 is 0 Å². The second-order valence-corrected chi connectivity index (χ2v) is 20.4. The summed E-state index contributed by atoms with van der Waals surface area (Å²) in [6.45, 7) is 3.88. The van der Waals surface area contributed by atoms with Gasteiger partial charge < -0.3 is 14.6 Å². The first-order valence-electron chi connectivity index (χ1n) is 32.0. The Morgan fingerprint density at radius 1 is 0.287 bits per heavy atom. The smallest absolute Gasteiger partial charge is 0.306 e. The molecule has 0 rings (SSSR count). The summed E-state index contributed by atoms with van der Waals surface area (Å²) < 4.78 is 10.7. The van der Waals surface area contributed by atoms with Gasteiger partial charge in [0.2, 0.25) is 0 Å². The zero-order valence-corrected chi connectivity index (χ0v) is 51.0. The summed E-state index contributed by atoms with van der Waals surface area (Å²) in [5.41, 5.74) is 0. The average molecular weight is 1100 g/mol. The summed E-state index contributed by atoms with van der Waals surface area (Å²) in [5.74, 6) is -0.642. The third-order valence-electron chi connectivity index (χ3n) is 12.9. The first-order valence-corrected chi connectivity index (χ1v) is 32.0. The van der Waals surface area contributed by atoms with Crippen molar-refractivity contribution in [1.82, 2.24) is 0 Å². The molecular weight excluding hydrogens is 981 g/mol. The normalized spacial score (nSPS) is 13.6. The minimum atomic E-state index is -0.807. The molecule has 0 spiro atoms. The van der Waals surface area contributed by atoms with Crippen LogP contribution in [0.15, 0.2) is 194 Å². The van der Waals surface area contributed by atoms with Crippen LogP contribution in [-0.2, 0) is 19.1 Å². The zero-order valence-electron chi connectivity index (χ0n) is 51.0. The fourth-order valence-electron chi connectivity index (χ4n) is 8.17. The topological polar surface area (TPSA) is 72.8 Å². The fourth-order valence-corrected chi connectivity index (χ4v) is 8.17. The number of carbonyl (C=O) groups excluding carboxylic acids is 2. The molecule has 0 fully saturated rings. The molecule has 0 aromatic rings. The van der Waals surface area contributed by atoms with Crippen molar-refractivity contribution < 1.29 is 24.2 Å². The van der Waals surface area contributed by atoms with Crippen molar-refractivity contribution in [3.05, 3.63) is 194 Å². The molecular formula is C75H116O5. The van der Waals surface area contributed by atoms with Crippen LogP contribution in [0.2, 0.25) is 0 Å². The Balaban J connectivity index is 3.63. The van der Waals surface area contributed by atoms with E-state index in [1.54, 1.807) is 0 Å². The molecule has 5 nitrogen and oxygen atoms in total.